The number of allylic oxidation sites excluding steroid dienone is 4. The fourth-order valence-electron chi connectivity index (χ4n) is 2.92. The summed E-state index contributed by atoms with van der Waals surface area (Å²) in [5.41, 5.74) is 2.53. The molecular formula is C17H14ClNO5S. The summed E-state index contributed by atoms with van der Waals surface area (Å²) < 4.78 is 5.35. The molecule has 1 aromatic heterocycles. The Morgan fingerprint density at radius 1 is 1.40 bits per heavy atom. The third kappa shape index (κ3) is 3.01. The highest BCUT2D eigenvalue weighted by Crippen LogP contribution is 2.42. The molecule has 6 nitrogen and oxygen atoms in total. The van der Waals surface area contributed by atoms with Gasteiger partial charge in [0.1, 0.15) is 5.76 Å². The number of Topliss-reactive ketones (excluding diaryl/α,β-unsaturated/α-hetero) is 1. The van der Waals surface area contributed by atoms with Crippen LogP contribution in [0.5, 0.6) is 5.06 Å². The number of carbonyl (C=O) groups excluding carboxylic acids is 1. The van der Waals surface area contributed by atoms with Gasteiger partial charge in [0, 0.05) is 17.7 Å². The average Bonchev–Trinajstić information content (AvgIpc) is 3.10. The first-order valence-corrected chi connectivity index (χ1v) is 8.53. The Balaban J connectivity index is 2.09. The molecule has 0 saturated carbocycles. The highest BCUT2D eigenvalue weighted by atomic mass is 35.5. The van der Waals surface area contributed by atoms with Gasteiger partial charge in [-0.05, 0) is 24.6 Å². The summed E-state index contributed by atoms with van der Waals surface area (Å²) in [7, 11) is 1.40. The number of methoxy groups -OCH3 is 1. The lowest BCUT2D eigenvalue weighted by Gasteiger charge is -2.21. The second-order valence-corrected chi connectivity index (χ2v) is 6.98. The lowest BCUT2D eigenvalue weighted by Crippen LogP contribution is -2.19. The number of rotatable bonds is 5. The molecule has 1 aliphatic heterocycles. The number of ketones is 1. The van der Waals surface area contributed by atoms with Crippen LogP contribution in [0.3, 0.4) is 0 Å². The molecule has 0 aromatic carbocycles. The minimum atomic E-state index is -0.985. The zero-order chi connectivity index (χ0) is 18.3. The fraction of sp³-hybridized carbons (Fsp3) is 0.235. The quantitative estimate of drug-likeness (QED) is 0.761. The van der Waals surface area contributed by atoms with E-state index < -0.39 is 5.97 Å². The number of aliphatic imine (C=N–C) groups is 1. The van der Waals surface area contributed by atoms with E-state index in [4.69, 9.17) is 21.4 Å². The summed E-state index contributed by atoms with van der Waals surface area (Å²) in [6.45, 7) is 1.71. The van der Waals surface area contributed by atoms with Crippen LogP contribution in [0.4, 0.5) is 0 Å². The van der Waals surface area contributed by atoms with Crippen LogP contribution in [-0.4, -0.2) is 34.8 Å². The van der Waals surface area contributed by atoms with Gasteiger partial charge in [-0.2, -0.15) is 0 Å². The van der Waals surface area contributed by atoms with Crippen LogP contribution in [-0.2, 0) is 9.53 Å². The number of halogens is 1. The van der Waals surface area contributed by atoms with Gasteiger partial charge >= 0.3 is 5.97 Å². The largest absolute Gasteiger partial charge is 0.499 e. The number of thiophene rings is 1. The molecule has 0 spiro atoms. The van der Waals surface area contributed by atoms with Crippen molar-refractivity contribution in [2.75, 3.05) is 7.11 Å². The first kappa shape index (κ1) is 17.4. The lowest BCUT2D eigenvalue weighted by atomic mass is 9.88. The van der Waals surface area contributed by atoms with Crippen LogP contribution in [0.15, 0.2) is 50.3 Å². The van der Waals surface area contributed by atoms with Gasteiger partial charge in [0.15, 0.2) is 5.06 Å². The topological polar surface area (TPSA) is 96.2 Å². The van der Waals surface area contributed by atoms with E-state index in [1.165, 1.54) is 19.2 Å². The van der Waals surface area contributed by atoms with Gasteiger partial charge in [-0.15, -0.1) is 0 Å². The number of aliphatic carboxylic acids is 1. The maximum Gasteiger partial charge on any atom is 0.307 e. The minimum absolute atomic E-state index is 0.0421. The van der Waals surface area contributed by atoms with E-state index >= 15 is 0 Å². The zero-order valence-corrected chi connectivity index (χ0v) is 15.0. The Hall–Kier alpha value is -2.38. The van der Waals surface area contributed by atoms with E-state index in [1.807, 2.05) is 0 Å². The number of carboxylic acids is 1. The van der Waals surface area contributed by atoms with Crippen molar-refractivity contribution in [1.82, 2.24) is 0 Å². The summed E-state index contributed by atoms with van der Waals surface area (Å²) in [6.07, 6.45) is -0.0177. The van der Waals surface area contributed by atoms with Crippen LogP contribution >= 0.6 is 22.9 Å². The Kier molecular flexibility index (Phi) is 4.53. The van der Waals surface area contributed by atoms with Crippen LogP contribution in [0.1, 0.15) is 29.4 Å². The van der Waals surface area contributed by atoms with Crippen LogP contribution < -0.4 is 0 Å². The van der Waals surface area contributed by atoms with Crippen molar-refractivity contribution >= 4 is 40.4 Å². The third-order valence-electron chi connectivity index (χ3n) is 3.99. The first-order chi connectivity index (χ1) is 11.8. The number of fused-ring (bicyclic) bond motifs is 1. The van der Waals surface area contributed by atoms with Crippen LogP contribution in [0.2, 0.25) is 0 Å². The Labute approximate surface area is 152 Å². The number of ether oxygens (including phenoxy) is 1. The number of hydrogen-bond donors (Lipinski definition) is 2. The molecule has 0 saturated heterocycles. The van der Waals surface area contributed by atoms with Crippen molar-refractivity contribution in [2.45, 2.75) is 19.8 Å². The number of carboxylic acid groups (broad SMARTS) is 1. The van der Waals surface area contributed by atoms with E-state index in [2.05, 4.69) is 4.99 Å². The highest BCUT2D eigenvalue weighted by Gasteiger charge is 2.36. The van der Waals surface area contributed by atoms with Gasteiger partial charge < -0.3 is 14.9 Å². The first-order valence-electron chi connectivity index (χ1n) is 7.34. The van der Waals surface area contributed by atoms with Crippen molar-refractivity contribution in [3.05, 3.63) is 50.2 Å². The van der Waals surface area contributed by atoms with Crippen molar-refractivity contribution in [3.8, 4) is 5.06 Å². The van der Waals surface area contributed by atoms with Gasteiger partial charge in [0.2, 0.25) is 5.78 Å². The van der Waals surface area contributed by atoms with Gasteiger partial charge in [0.05, 0.1) is 34.7 Å². The Bertz CT molecular complexity index is 919. The predicted molar refractivity (Wildman–Crippen MR) is 94.2 cm³/mol. The molecule has 2 aliphatic rings. The molecule has 0 atom stereocenters. The number of hydrogen-bond acceptors (Lipinski definition) is 6. The second kappa shape index (κ2) is 6.50. The molecule has 0 bridgehead atoms. The highest BCUT2D eigenvalue weighted by molar-refractivity contribution is 7.15. The number of nitrogens with zero attached hydrogens (tertiary/aromatic N) is 1. The zero-order valence-electron chi connectivity index (χ0n) is 13.4. The average molecular weight is 380 g/mol. The molecule has 2 N–H and O–H groups in total. The SMILES string of the molecule is COC1=C(C(=O)c2ccc(O)s2)CC2=NC(C)=C(CC(=O)O)C2=C1Cl. The molecule has 0 amide bonds. The molecule has 1 aliphatic carbocycles. The van der Waals surface area contributed by atoms with E-state index in [1.54, 1.807) is 6.92 Å². The molecule has 3 rings (SSSR count). The van der Waals surface area contributed by atoms with Gasteiger partial charge in [0.25, 0.3) is 0 Å². The molecule has 1 aromatic rings. The summed E-state index contributed by atoms with van der Waals surface area (Å²) in [6, 6.07) is 2.98. The minimum Gasteiger partial charge on any atom is -0.499 e. The van der Waals surface area contributed by atoms with Crippen molar-refractivity contribution in [1.29, 1.82) is 0 Å². The molecule has 0 unspecified atom stereocenters. The molecule has 8 heteroatoms. The third-order valence-corrected chi connectivity index (χ3v) is 5.24. The Morgan fingerprint density at radius 3 is 2.68 bits per heavy atom. The summed E-state index contributed by atoms with van der Waals surface area (Å²) in [5, 5.41) is 18.8. The van der Waals surface area contributed by atoms with E-state index in [9.17, 15) is 14.7 Å². The van der Waals surface area contributed by atoms with Crippen molar-refractivity contribution in [2.24, 2.45) is 4.99 Å². The van der Waals surface area contributed by atoms with Gasteiger partial charge in [-0.1, -0.05) is 22.9 Å². The summed E-state index contributed by atoms with van der Waals surface area (Å²) in [4.78, 5) is 28.7. The fourth-order valence-corrected chi connectivity index (χ4v) is 4.05. The standard InChI is InChI=1S/C17H14ClNO5S/c1-7-8(6-12(20)21)14-10(19-7)5-9(17(24-2)15(14)18)16(23)11-3-4-13(22)25-11/h3-4,22H,5-6H2,1-2H3,(H,20,21). The molecular weight excluding hydrogens is 366 g/mol. The van der Waals surface area contributed by atoms with Crippen molar-refractivity contribution in [3.63, 3.8) is 0 Å². The smallest absolute Gasteiger partial charge is 0.307 e. The van der Waals surface area contributed by atoms with Gasteiger partial charge in [-0.3, -0.25) is 14.6 Å². The molecule has 0 fully saturated rings. The van der Waals surface area contributed by atoms with Crippen molar-refractivity contribution < 1.29 is 24.5 Å². The normalized spacial score (nSPS) is 17.0. The summed E-state index contributed by atoms with van der Waals surface area (Å²) >= 11 is 7.42. The Morgan fingerprint density at radius 2 is 2.12 bits per heavy atom. The van der Waals surface area contributed by atoms with Gasteiger partial charge in [-0.25, -0.2) is 0 Å². The predicted octanol–water partition coefficient (Wildman–Crippen LogP) is 3.64. The second-order valence-electron chi connectivity index (χ2n) is 5.54. The number of carbonyl (C=O) groups is 2. The molecule has 0 radical (unpaired) electrons. The van der Waals surface area contributed by atoms with E-state index in [0.717, 1.165) is 11.3 Å². The summed E-state index contributed by atoms with van der Waals surface area (Å²) in [5.74, 6) is -1.07. The molecule has 25 heavy (non-hydrogen) atoms. The van der Waals surface area contributed by atoms with Crippen LogP contribution in [0, 0.1) is 0 Å². The van der Waals surface area contributed by atoms with E-state index in [-0.39, 0.29) is 34.5 Å². The maximum absolute atomic E-state index is 12.8. The molecule has 130 valence electrons. The molecule has 2 heterocycles. The monoisotopic (exact) mass is 379 g/mol. The number of aromatic hydroxyl groups is 1. The lowest BCUT2D eigenvalue weighted by molar-refractivity contribution is -0.136. The van der Waals surface area contributed by atoms with E-state index in [0.29, 0.717) is 33.0 Å². The maximum atomic E-state index is 12.8. The van der Waals surface area contributed by atoms with Crippen LogP contribution in [0.25, 0.3) is 0 Å².